The van der Waals surface area contributed by atoms with Gasteiger partial charge in [-0.3, -0.25) is 0 Å². The van der Waals surface area contributed by atoms with Crippen LogP contribution in [-0.4, -0.2) is 27.1 Å². The Hall–Kier alpha value is -1.46. The van der Waals surface area contributed by atoms with E-state index in [9.17, 15) is 0 Å². The highest BCUT2D eigenvalue weighted by atomic mass is 32.2. The number of ether oxygens (including phenoxy) is 1. The van der Waals surface area contributed by atoms with Crippen molar-refractivity contribution in [2.45, 2.75) is 37.7 Å². The average molecular weight is 331 g/mol. The quantitative estimate of drug-likeness (QED) is 0.842. The first kappa shape index (κ1) is 16.4. The first-order valence-corrected chi connectivity index (χ1v) is 9.31. The minimum atomic E-state index is 0.375. The second-order valence-electron chi connectivity index (χ2n) is 6.08. The molecule has 1 saturated heterocycles. The van der Waals surface area contributed by atoms with Crippen molar-refractivity contribution in [2.24, 2.45) is 7.05 Å². The Labute approximate surface area is 142 Å². The molecule has 1 aliphatic heterocycles. The highest BCUT2D eigenvalue weighted by Gasteiger charge is 2.16. The lowest BCUT2D eigenvalue weighted by Gasteiger charge is -2.17. The van der Waals surface area contributed by atoms with Gasteiger partial charge in [0.2, 0.25) is 0 Å². The normalized spacial score (nSPS) is 19.0. The van der Waals surface area contributed by atoms with Crippen LogP contribution in [0, 0.1) is 0 Å². The zero-order valence-corrected chi connectivity index (χ0v) is 14.7. The lowest BCUT2D eigenvalue weighted by molar-refractivity contribution is 0.291. The Morgan fingerprint density at radius 3 is 2.87 bits per heavy atom. The van der Waals surface area contributed by atoms with Crippen LogP contribution in [0.25, 0.3) is 0 Å². The first-order chi connectivity index (χ1) is 11.2. The highest BCUT2D eigenvalue weighted by molar-refractivity contribution is 8.00. The van der Waals surface area contributed by atoms with E-state index < -0.39 is 0 Å². The van der Waals surface area contributed by atoms with Crippen molar-refractivity contribution in [3.63, 3.8) is 0 Å². The Morgan fingerprint density at radius 2 is 2.22 bits per heavy atom. The van der Waals surface area contributed by atoms with Gasteiger partial charge in [0.1, 0.15) is 18.2 Å². The minimum Gasteiger partial charge on any atom is -0.486 e. The number of thioether (sulfide) groups is 1. The van der Waals surface area contributed by atoms with Crippen LogP contribution < -0.4 is 10.1 Å². The molecule has 2 aromatic rings. The van der Waals surface area contributed by atoms with E-state index in [2.05, 4.69) is 41.1 Å². The molecule has 1 aromatic heterocycles. The summed E-state index contributed by atoms with van der Waals surface area (Å²) in [4.78, 5) is 4.26. The van der Waals surface area contributed by atoms with Gasteiger partial charge in [0.15, 0.2) is 0 Å². The number of imidazole rings is 1. The molecule has 1 fully saturated rings. The average Bonchev–Trinajstić information content (AvgIpc) is 3.23. The maximum absolute atomic E-state index is 5.80. The first-order valence-electron chi connectivity index (χ1n) is 8.26. The molecule has 2 atom stereocenters. The summed E-state index contributed by atoms with van der Waals surface area (Å²) in [7, 11) is 1.98. The number of aromatic nitrogens is 2. The van der Waals surface area contributed by atoms with Crippen LogP contribution in [0.2, 0.25) is 0 Å². The molecule has 0 aliphatic carbocycles. The lowest BCUT2D eigenvalue weighted by atomic mass is 10.1. The Balaban J connectivity index is 1.48. The molecule has 0 amide bonds. The topological polar surface area (TPSA) is 39.1 Å². The van der Waals surface area contributed by atoms with E-state index in [0.29, 0.717) is 12.6 Å². The predicted molar refractivity (Wildman–Crippen MR) is 95.9 cm³/mol. The molecule has 3 rings (SSSR count). The van der Waals surface area contributed by atoms with E-state index in [-0.39, 0.29) is 0 Å². The summed E-state index contributed by atoms with van der Waals surface area (Å²) in [6, 6.07) is 8.75. The van der Waals surface area contributed by atoms with Crippen molar-refractivity contribution in [3.05, 3.63) is 48.0 Å². The number of hydrogen-bond acceptors (Lipinski definition) is 4. The predicted octanol–water partition coefficient (Wildman–Crippen LogP) is 3.55. The molecule has 4 nitrogen and oxygen atoms in total. The smallest absolute Gasteiger partial charge is 0.146 e. The van der Waals surface area contributed by atoms with Gasteiger partial charge in [-0.2, -0.15) is 11.8 Å². The molecule has 1 aromatic carbocycles. The van der Waals surface area contributed by atoms with Crippen LogP contribution in [0.3, 0.4) is 0 Å². The summed E-state index contributed by atoms with van der Waals surface area (Å²) >= 11 is 2.10. The zero-order valence-electron chi connectivity index (χ0n) is 13.9. The monoisotopic (exact) mass is 331 g/mol. The van der Waals surface area contributed by atoms with E-state index in [1.54, 1.807) is 6.20 Å². The van der Waals surface area contributed by atoms with Crippen molar-refractivity contribution < 1.29 is 4.74 Å². The summed E-state index contributed by atoms with van der Waals surface area (Å²) in [6.07, 6.45) is 6.44. The van der Waals surface area contributed by atoms with Crippen molar-refractivity contribution >= 4 is 11.8 Å². The number of aryl methyl sites for hydroxylation is 1. The molecule has 0 saturated carbocycles. The number of rotatable bonds is 7. The van der Waals surface area contributed by atoms with Gasteiger partial charge < -0.3 is 14.6 Å². The molecular weight excluding hydrogens is 306 g/mol. The third-order valence-corrected chi connectivity index (χ3v) is 5.74. The number of benzene rings is 1. The van der Waals surface area contributed by atoms with Crippen LogP contribution in [-0.2, 0) is 13.7 Å². The Morgan fingerprint density at radius 1 is 1.39 bits per heavy atom. The molecule has 0 bridgehead atoms. The minimum absolute atomic E-state index is 0.375. The van der Waals surface area contributed by atoms with Gasteiger partial charge in [-0.15, -0.1) is 0 Å². The Kier molecular flexibility index (Phi) is 5.62. The van der Waals surface area contributed by atoms with Gasteiger partial charge in [-0.25, -0.2) is 4.98 Å². The van der Waals surface area contributed by atoms with Crippen LogP contribution >= 0.6 is 11.8 Å². The van der Waals surface area contributed by atoms with E-state index in [1.807, 2.05) is 29.9 Å². The molecule has 0 spiro atoms. The summed E-state index contributed by atoms with van der Waals surface area (Å²) in [5, 5.41) is 4.44. The van der Waals surface area contributed by atoms with Crippen molar-refractivity contribution in [1.29, 1.82) is 0 Å². The molecule has 2 heterocycles. The van der Waals surface area contributed by atoms with Gasteiger partial charge in [0.05, 0.1) is 0 Å². The number of hydrogen-bond donors (Lipinski definition) is 1. The Bertz CT molecular complexity index is 605. The second kappa shape index (κ2) is 7.88. The zero-order chi connectivity index (χ0) is 16.1. The van der Waals surface area contributed by atoms with Gasteiger partial charge >= 0.3 is 0 Å². The van der Waals surface area contributed by atoms with Crippen LogP contribution in [0.5, 0.6) is 5.75 Å². The van der Waals surface area contributed by atoms with Crippen LogP contribution in [0.4, 0.5) is 0 Å². The fraction of sp³-hybridized carbons (Fsp3) is 0.500. The molecule has 5 heteroatoms. The maximum atomic E-state index is 5.80. The molecular formula is C18H25N3OS. The largest absolute Gasteiger partial charge is 0.486 e. The third-order valence-electron chi connectivity index (χ3n) is 4.34. The third kappa shape index (κ3) is 4.52. The molecule has 0 unspecified atom stereocenters. The summed E-state index contributed by atoms with van der Waals surface area (Å²) < 4.78 is 7.77. The van der Waals surface area contributed by atoms with Crippen molar-refractivity contribution in [3.8, 4) is 5.75 Å². The SMILES string of the molecule is C[C@@H](NC[C@@H]1CCCS1)c1ccc(OCc2nccn2C)cc1. The maximum Gasteiger partial charge on any atom is 0.146 e. The molecule has 23 heavy (non-hydrogen) atoms. The standard InChI is InChI=1S/C18H25N3OS/c1-14(20-12-17-4-3-11-23-17)15-5-7-16(8-6-15)22-13-18-19-9-10-21(18)2/h5-10,14,17,20H,3-4,11-13H2,1-2H3/t14-,17+/m1/s1. The van der Waals surface area contributed by atoms with Gasteiger partial charge in [0.25, 0.3) is 0 Å². The van der Waals surface area contributed by atoms with Gasteiger partial charge in [-0.05, 0) is 43.2 Å². The second-order valence-corrected chi connectivity index (χ2v) is 7.49. The van der Waals surface area contributed by atoms with Gasteiger partial charge in [0, 0.05) is 37.3 Å². The van der Waals surface area contributed by atoms with E-state index in [1.165, 1.54) is 24.2 Å². The van der Waals surface area contributed by atoms with Crippen molar-refractivity contribution in [1.82, 2.24) is 14.9 Å². The molecule has 0 radical (unpaired) electrons. The van der Waals surface area contributed by atoms with Crippen molar-refractivity contribution in [2.75, 3.05) is 12.3 Å². The number of nitrogens with zero attached hydrogens (tertiary/aromatic N) is 2. The molecule has 1 N–H and O–H groups in total. The fourth-order valence-electron chi connectivity index (χ4n) is 2.77. The van der Waals surface area contributed by atoms with Crippen LogP contribution in [0.15, 0.2) is 36.7 Å². The molecule has 124 valence electrons. The lowest BCUT2D eigenvalue weighted by Crippen LogP contribution is -2.26. The fourth-order valence-corrected chi connectivity index (χ4v) is 3.98. The summed E-state index contributed by atoms with van der Waals surface area (Å²) in [6.45, 7) is 3.82. The van der Waals surface area contributed by atoms with E-state index in [4.69, 9.17) is 4.74 Å². The highest BCUT2D eigenvalue weighted by Crippen LogP contribution is 2.26. The van der Waals surface area contributed by atoms with E-state index >= 15 is 0 Å². The number of nitrogens with one attached hydrogen (secondary N) is 1. The summed E-state index contributed by atoms with van der Waals surface area (Å²) in [5.41, 5.74) is 1.30. The summed E-state index contributed by atoms with van der Waals surface area (Å²) in [5.74, 6) is 3.14. The molecule has 1 aliphatic rings. The van der Waals surface area contributed by atoms with Gasteiger partial charge in [-0.1, -0.05) is 12.1 Å². The van der Waals surface area contributed by atoms with E-state index in [0.717, 1.165) is 23.4 Å². The van der Waals surface area contributed by atoms with Crippen LogP contribution in [0.1, 0.15) is 37.2 Å².